The molecule has 2 N–H and O–H groups in total. The number of ether oxygens (including phenoxy) is 1. The van der Waals surface area contributed by atoms with Crippen LogP contribution < -0.4 is 5.32 Å². The van der Waals surface area contributed by atoms with Crippen LogP contribution in [0.4, 0.5) is 0 Å². The first-order valence-electron chi connectivity index (χ1n) is 7.24. The van der Waals surface area contributed by atoms with Crippen LogP contribution in [0, 0.1) is 5.92 Å². The Morgan fingerprint density at radius 2 is 1.76 bits per heavy atom. The zero-order valence-electron chi connectivity index (χ0n) is 11.0. The number of hydrogen-bond acceptors (Lipinski definition) is 3. The van der Waals surface area contributed by atoms with E-state index in [0.717, 1.165) is 25.3 Å². The van der Waals surface area contributed by atoms with E-state index >= 15 is 0 Å². The van der Waals surface area contributed by atoms with Gasteiger partial charge in [-0.3, -0.25) is 0 Å². The second-order valence-electron chi connectivity index (χ2n) is 5.75. The number of methoxy groups -OCH3 is 1. The summed E-state index contributed by atoms with van der Waals surface area (Å²) in [6.07, 6.45) is 9.83. The van der Waals surface area contributed by atoms with Gasteiger partial charge >= 0.3 is 0 Å². The summed E-state index contributed by atoms with van der Waals surface area (Å²) in [5, 5.41) is 13.2. The van der Waals surface area contributed by atoms with Gasteiger partial charge in [0.25, 0.3) is 0 Å². The lowest BCUT2D eigenvalue weighted by Crippen LogP contribution is -2.45. The standard InChI is InChI=1S/C14H27NO2/c1-17-14-5-3-2-4-13(14)15-10-11-6-8-12(16)9-7-11/h11-16H,2-10H2,1H3. The van der Waals surface area contributed by atoms with Gasteiger partial charge in [-0.1, -0.05) is 12.8 Å². The van der Waals surface area contributed by atoms with Gasteiger partial charge in [-0.05, 0) is 51.0 Å². The minimum absolute atomic E-state index is 0.0346. The molecule has 2 atom stereocenters. The Labute approximate surface area is 105 Å². The molecule has 0 bridgehead atoms. The summed E-state index contributed by atoms with van der Waals surface area (Å²) in [6.45, 7) is 1.11. The predicted octanol–water partition coefficient (Wildman–Crippen LogP) is 2.08. The van der Waals surface area contributed by atoms with Gasteiger partial charge in [-0.2, -0.15) is 0 Å². The van der Waals surface area contributed by atoms with E-state index in [1.54, 1.807) is 0 Å². The van der Waals surface area contributed by atoms with Crippen molar-refractivity contribution in [1.82, 2.24) is 5.32 Å². The van der Waals surface area contributed by atoms with Crippen LogP contribution in [0.1, 0.15) is 51.4 Å². The molecule has 2 saturated carbocycles. The summed E-state index contributed by atoms with van der Waals surface area (Å²) in [5.41, 5.74) is 0. The van der Waals surface area contributed by atoms with Gasteiger partial charge in [0.1, 0.15) is 0 Å². The quantitative estimate of drug-likeness (QED) is 0.792. The van der Waals surface area contributed by atoms with Gasteiger partial charge in [-0.15, -0.1) is 0 Å². The molecule has 0 aromatic rings. The van der Waals surface area contributed by atoms with Gasteiger partial charge in [0, 0.05) is 13.2 Å². The smallest absolute Gasteiger partial charge is 0.0724 e. The van der Waals surface area contributed by atoms with Crippen molar-refractivity contribution in [2.75, 3.05) is 13.7 Å². The van der Waals surface area contributed by atoms with Crippen molar-refractivity contribution in [3.05, 3.63) is 0 Å². The molecule has 0 aromatic heterocycles. The Bertz CT molecular complexity index is 214. The molecule has 2 unspecified atom stereocenters. The number of rotatable bonds is 4. The summed E-state index contributed by atoms with van der Waals surface area (Å²) in [7, 11) is 1.83. The summed E-state index contributed by atoms with van der Waals surface area (Å²) < 4.78 is 5.56. The molecule has 0 spiro atoms. The van der Waals surface area contributed by atoms with Gasteiger partial charge < -0.3 is 15.2 Å². The maximum atomic E-state index is 9.48. The van der Waals surface area contributed by atoms with Crippen LogP contribution in [-0.4, -0.2) is 37.0 Å². The van der Waals surface area contributed by atoms with Crippen LogP contribution in [0.2, 0.25) is 0 Å². The molecule has 2 rings (SSSR count). The zero-order valence-corrected chi connectivity index (χ0v) is 11.0. The van der Waals surface area contributed by atoms with E-state index in [2.05, 4.69) is 5.32 Å². The van der Waals surface area contributed by atoms with Crippen molar-refractivity contribution < 1.29 is 9.84 Å². The molecule has 2 aliphatic rings. The molecule has 0 amide bonds. The molecular weight excluding hydrogens is 214 g/mol. The van der Waals surface area contributed by atoms with Crippen molar-refractivity contribution in [3.63, 3.8) is 0 Å². The molecule has 100 valence electrons. The third-order valence-corrected chi connectivity index (χ3v) is 4.49. The lowest BCUT2D eigenvalue weighted by atomic mass is 9.86. The fourth-order valence-electron chi connectivity index (χ4n) is 3.28. The molecule has 17 heavy (non-hydrogen) atoms. The Balaban J connectivity index is 1.69. The second-order valence-corrected chi connectivity index (χ2v) is 5.75. The van der Waals surface area contributed by atoms with Gasteiger partial charge in [0.15, 0.2) is 0 Å². The van der Waals surface area contributed by atoms with E-state index < -0.39 is 0 Å². The first-order valence-corrected chi connectivity index (χ1v) is 7.24. The number of aliphatic hydroxyl groups excluding tert-OH is 1. The maximum Gasteiger partial charge on any atom is 0.0724 e. The van der Waals surface area contributed by atoms with Crippen molar-refractivity contribution >= 4 is 0 Å². The van der Waals surface area contributed by atoms with Crippen molar-refractivity contribution in [1.29, 1.82) is 0 Å². The average molecular weight is 241 g/mol. The van der Waals surface area contributed by atoms with E-state index in [1.165, 1.54) is 38.5 Å². The topological polar surface area (TPSA) is 41.5 Å². The first kappa shape index (κ1) is 13.3. The van der Waals surface area contributed by atoms with Crippen LogP contribution in [0.15, 0.2) is 0 Å². The molecule has 0 aliphatic heterocycles. The minimum Gasteiger partial charge on any atom is -0.393 e. The van der Waals surface area contributed by atoms with Gasteiger partial charge in [0.2, 0.25) is 0 Å². The van der Waals surface area contributed by atoms with E-state index in [1.807, 2.05) is 7.11 Å². The number of hydrogen-bond donors (Lipinski definition) is 2. The van der Waals surface area contributed by atoms with E-state index in [-0.39, 0.29) is 6.10 Å². The Morgan fingerprint density at radius 1 is 1.06 bits per heavy atom. The third-order valence-electron chi connectivity index (χ3n) is 4.49. The van der Waals surface area contributed by atoms with Crippen LogP contribution in [-0.2, 0) is 4.74 Å². The summed E-state index contributed by atoms with van der Waals surface area (Å²) in [5.74, 6) is 0.762. The first-order chi connectivity index (χ1) is 8.29. The molecule has 0 aromatic carbocycles. The van der Waals surface area contributed by atoms with Crippen molar-refractivity contribution in [2.45, 2.75) is 69.6 Å². The Kier molecular flexibility index (Phi) is 5.26. The average Bonchev–Trinajstić information content (AvgIpc) is 2.38. The fraction of sp³-hybridized carbons (Fsp3) is 1.00. The maximum absolute atomic E-state index is 9.48. The minimum atomic E-state index is -0.0346. The molecule has 0 radical (unpaired) electrons. The Morgan fingerprint density at radius 3 is 2.47 bits per heavy atom. The van der Waals surface area contributed by atoms with E-state index in [9.17, 15) is 5.11 Å². The number of aliphatic hydroxyl groups is 1. The lowest BCUT2D eigenvalue weighted by molar-refractivity contribution is 0.0381. The summed E-state index contributed by atoms with van der Waals surface area (Å²) in [4.78, 5) is 0. The summed E-state index contributed by atoms with van der Waals surface area (Å²) >= 11 is 0. The third kappa shape index (κ3) is 3.94. The Hall–Kier alpha value is -0.120. The number of nitrogens with one attached hydrogen (secondary N) is 1. The predicted molar refractivity (Wildman–Crippen MR) is 69.0 cm³/mol. The van der Waals surface area contributed by atoms with E-state index in [0.29, 0.717) is 12.1 Å². The highest BCUT2D eigenvalue weighted by Crippen LogP contribution is 2.25. The van der Waals surface area contributed by atoms with Crippen LogP contribution in [0.3, 0.4) is 0 Å². The van der Waals surface area contributed by atoms with Crippen LogP contribution in [0.25, 0.3) is 0 Å². The monoisotopic (exact) mass is 241 g/mol. The highest BCUT2D eigenvalue weighted by atomic mass is 16.5. The van der Waals surface area contributed by atoms with E-state index in [4.69, 9.17) is 4.74 Å². The molecule has 0 saturated heterocycles. The molecule has 0 heterocycles. The second kappa shape index (κ2) is 6.72. The SMILES string of the molecule is COC1CCCCC1NCC1CCC(O)CC1. The van der Waals surface area contributed by atoms with Gasteiger partial charge in [-0.25, -0.2) is 0 Å². The normalized spacial score (nSPS) is 39.2. The van der Waals surface area contributed by atoms with Crippen molar-refractivity contribution in [2.24, 2.45) is 5.92 Å². The summed E-state index contributed by atoms with van der Waals surface area (Å²) in [6, 6.07) is 0.556. The van der Waals surface area contributed by atoms with Gasteiger partial charge in [0.05, 0.1) is 12.2 Å². The molecule has 3 heteroatoms. The van der Waals surface area contributed by atoms with Crippen LogP contribution in [0.5, 0.6) is 0 Å². The zero-order chi connectivity index (χ0) is 12.1. The molecular formula is C14H27NO2. The largest absolute Gasteiger partial charge is 0.393 e. The highest BCUT2D eigenvalue weighted by molar-refractivity contribution is 4.83. The lowest BCUT2D eigenvalue weighted by Gasteiger charge is -2.33. The fourth-order valence-corrected chi connectivity index (χ4v) is 3.28. The molecule has 2 aliphatic carbocycles. The highest BCUT2D eigenvalue weighted by Gasteiger charge is 2.26. The molecule has 2 fully saturated rings. The van der Waals surface area contributed by atoms with Crippen molar-refractivity contribution in [3.8, 4) is 0 Å². The van der Waals surface area contributed by atoms with Crippen LogP contribution >= 0.6 is 0 Å². The molecule has 3 nitrogen and oxygen atoms in total.